The number of amides is 1. The van der Waals surface area contributed by atoms with E-state index in [0.717, 1.165) is 30.8 Å². The van der Waals surface area contributed by atoms with E-state index in [1.807, 2.05) is 42.5 Å². The average Bonchev–Trinajstić information content (AvgIpc) is 3.15. The smallest absolute Gasteiger partial charge is 0.251 e. The minimum Gasteiger partial charge on any atom is -0.344 e. The third-order valence-corrected chi connectivity index (χ3v) is 4.60. The number of benzene rings is 2. The van der Waals surface area contributed by atoms with E-state index in [2.05, 4.69) is 22.3 Å². The third-order valence-electron chi connectivity index (χ3n) is 4.60. The molecular formula is C20H26ClN3O. The SMILES string of the molecule is Cl.NCc1ccc(C(=O)NC(CN2CCCC2)c2ccccc2)cc1. The molecule has 2 aromatic carbocycles. The molecule has 0 aromatic heterocycles. The summed E-state index contributed by atoms with van der Waals surface area (Å²) in [5, 5.41) is 3.20. The molecule has 25 heavy (non-hydrogen) atoms. The largest absolute Gasteiger partial charge is 0.344 e. The van der Waals surface area contributed by atoms with Crippen LogP contribution in [-0.4, -0.2) is 30.4 Å². The van der Waals surface area contributed by atoms with E-state index >= 15 is 0 Å². The van der Waals surface area contributed by atoms with Crippen molar-refractivity contribution in [1.82, 2.24) is 10.2 Å². The Labute approximate surface area is 155 Å². The second kappa shape index (κ2) is 9.56. The molecule has 1 aliphatic rings. The Morgan fingerprint density at radius 1 is 1.04 bits per heavy atom. The summed E-state index contributed by atoms with van der Waals surface area (Å²) in [6, 6.07) is 17.7. The van der Waals surface area contributed by atoms with Gasteiger partial charge in [0.05, 0.1) is 6.04 Å². The van der Waals surface area contributed by atoms with Crippen LogP contribution in [0.4, 0.5) is 0 Å². The molecule has 1 unspecified atom stereocenters. The fourth-order valence-corrected chi connectivity index (χ4v) is 3.18. The standard InChI is InChI=1S/C20H25N3O.ClH/c21-14-16-8-10-18(11-9-16)20(24)22-19(15-23-12-4-5-13-23)17-6-2-1-3-7-17;/h1-3,6-11,19H,4-5,12-15,21H2,(H,22,24);1H. The number of likely N-dealkylation sites (tertiary alicyclic amines) is 1. The molecule has 1 amide bonds. The van der Waals surface area contributed by atoms with Crippen molar-refractivity contribution in [3.8, 4) is 0 Å². The van der Waals surface area contributed by atoms with Crippen molar-refractivity contribution in [2.75, 3.05) is 19.6 Å². The number of hydrogen-bond donors (Lipinski definition) is 2. The van der Waals surface area contributed by atoms with Crippen molar-refractivity contribution < 1.29 is 4.79 Å². The van der Waals surface area contributed by atoms with E-state index in [0.29, 0.717) is 12.1 Å². The van der Waals surface area contributed by atoms with Gasteiger partial charge in [-0.2, -0.15) is 0 Å². The molecule has 0 bridgehead atoms. The maximum absolute atomic E-state index is 12.6. The minimum absolute atomic E-state index is 0. The second-order valence-electron chi connectivity index (χ2n) is 6.35. The van der Waals surface area contributed by atoms with Gasteiger partial charge in [0.25, 0.3) is 5.91 Å². The lowest BCUT2D eigenvalue weighted by atomic mass is 10.1. The summed E-state index contributed by atoms with van der Waals surface area (Å²) in [5.41, 5.74) is 8.47. The molecule has 0 aliphatic carbocycles. The first-order chi connectivity index (χ1) is 11.8. The van der Waals surface area contributed by atoms with Crippen LogP contribution in [0.2, 0.25) is 0 Å². The summed E-state index contributed by atoms with van der Waals surface area (Å²) in [5.74, 6) is -0.0355. The van der Waals surface area contributed by atoms with E-state index in [1.165, 1.54) is 12.8 Å². The maximum Gasteiger partial charge on any atom is 0.251 e. The summed E-state index contributed by atoms with van der Waals surface area (Å²) in [6.45, 7) is 3.58. The fourth-order valence-electron chi connectivity index (χ4n) is 3.18. The van der Waals surface area contributed by atoms with Gasteiger partial charge >= 0.3 is 0 Å². The Balaban J connectivity index is 0.00000225. The van der Waals surface area contributed by atoms with Crippen LogP contribution in [0.25, 0.3) is 0 Å². The monoisotopic (exact) mass is 359 g/mol. The summed E-state index contributed by atoms with van der Waals surface area (Å²) in [7, 11) is 0. The highest BCUT2D eigenvalue weighted by Crippen LogP contribution is 2.18. The van der Waals surface area contributed by atoms with E-state index < -0.39 is 0 Å². The fraction of sp³-hybridized carbons (Fsp3) is 0.350. The molecular weight excluding hydrogens is 334 g/mol. The lowest BCUT2D eigenvalue weighted by Crippen LogP contribution is -2.37. The molecule has 3 N–H and O–H groups in total. The van der Waals surface area contributed by atoms with Gasteiger partial charge in [-0.05, 0) is 49.2 Å². The minimum atomic E-state index is -0.0355. The number of carbonyl (C=O) groups is 1. The van der Waals surface area contributed by atoms with Crippen molar-refractivity contribution in [3.05, 3.63) is 71.3 Å². The first-order valence-corrected chi connectivity index (χ1v) is 8.63. The van der Waals surface area contributed by atoms with Gasteiger partial charge in [-0.15, -0.1) is 12.4 Å². The van der Waals surface area contributed by atoms with Crippen LogP contribution in [0.5, 0.6) is 0 Å². The second-order valence-corrected chi connectivity index (χ2v) is 6.35. The van der Waals surface area contributed by atoms with Gasteiger partial charge in [-0.25, -0.2) is 0 Å². The molecule has 1 atom stereocenters. The molecule has 1 aliphatic heterocycles. The van der Waals surface area contributed by atoms with Crippen molar-refractivity contribution in [2.24, 2.45) is 5.73 Å². The molecule has 0 saturated carbocycles. The highest BCUT2D eigenvalue weighted by molar-refractivity contribution is 5.94. The van der Waals surface area contributed by atoms with E-state index in [9.17, 15) is 4.79 Å². The normalized spacial score (nSPS) is 15.4. The zero-order valence-electron chi connectivity index (χ0n) is 14.4. The molecule has 0 radical (unpaired) electrons. The van der Waals surface area contributed by atoms with E-state index in [4.69, 9.17) is 5.73 Å². The van der Waals surface area contributed by atoms with Crippen LogP contribution in [0.1, 0.15) is 40.4 Å². The van der Waals surface area contributed by atoms with Crippen molar-refractivity contribution in [3.63, 3.8) is 0 Å². The van der Waals surface area contributed by atoms with Gasteiger partial charge in [-0.3, -0.25) is 4.79 Å². The van der Waals surface area contributed by atoms with E-state index in [-0.39, 0.29) is 24.4 Å². The summed E-state index contributed by atoms with van der Waals surface area (Å²) in [6.07, 6.45) is 2.49. The van der Waals surface area contributed by atoms with Crippen molar-refractivity contribution in [1.29, 1.82) is 0 Å². The third kappa shape index (κ3) is 5.30. The van der Waals surface area contributed by atoms with Gasteiger partial charge in [0.2, 0.25) is 0 Å². The van der Waals surface area contributed by atoms with Crippen molar-refractivity contribution >= 4 is 18.3 Å². The predicted octanol–water partition coefficient (Wildman–Crippen LogP) is 3.13. The molecule has 1 fully saturated rings. The number of nitrogens with zero attached hydrogens (tertiary/aromatic N) is 1. The zero-order valence-corrected chi connectivity index (χ0v) is 15.2. The predicted molar refractivity (Wildman–Crippen MR) is 104 cm³/mol. The molecule has 5 heteroatoms. The summed E-state index contributed by atoms with van der Waals surface area (Å²) in [4.78, 5) is 15.1. The molecule has 2 aromatic rings. The topological polar surface area (TPSA) is 58.4 Å². The highest BCUT2D eigenvalue weighted by atomic mass is 35.5. The van der Waals surface area contributed by atoms with Crippen LogP contribution in [0.15, 0.2) is 54.6 Å². The quantitative estimate of drug-likeness (QED) is 0.833. The maximum atomic E-state index is 12.6. The van der Waals surface area contributed by atoms with Crippen LogP contribution in [0.3, 0.4) is 0 Å². The molecule has 1 heterocycles. The number of halogens is 1. The van der Waals surface area contributed by atoms with Gasteiger partial charge in [0.15, 0.2) is 0 Å². The first-order valence-electron chi connectivity index (χ1n) is 8.63. The number of carbonyl (C=O) groups excluding carboxylic acids is 1. The zero-order chi connectivity index (χ0) is 16.8. The van der Waals surface area contributed by atoms with Crippen LogP contribution >= 0.6 is 12.4 Å². The lowest BCUT2D eigenvalue weighted by Gasteiger charge is -2.25. The Bertz CT molecular complexity index is 654. The van der Waals surface area contributed by atoms with Gasteiger partial charge in [0.1, 0.15) is 0 Å². The van der Waals surface area contributed by atoms with Crippen LogP contribution in [0, 0.1) is 0 Å². The Morgan fingerprint density at radius 2 is 1.68 bits per heavy atom. The molecule has 4 nitrogen and oxygen atoms in total. The number of rotatable bonds is 6. The number of nitrogens with one attached hydrogen (secondary N) is 1. The first kappa shape index (κ1) is 19.4. The summed E-state index contributed by atoms with van der Waals surface area (Å²) < 4.78 is 0. The lowest BCUT2D eigenvalue weighted by molar-refractivity contribution is 0.0927. The van der Waals surface area contributed by atoms with Crippen molar-refractivity contribution in [2.45, 2.75) is 25.4 Å². The Kier molecular flexibility index (Phi) is 7.44. The highest BCUT2D eigenvalue weighted by Gasteiger charge is 2.21. The average molecular weight is 360 g/mol. The number of nitrogens with two attached hydrogens (primary N) is 1. The summed E-state index contributed by atoms with van der Waals surface area (Å²) >= 11 is 0. The van der Waals surface area contributed by atoms with Gasteiger partial charge < -0.3 is 16.0 Å². The van der Waals surface area contributed by atoms with Crippen LogP contribution < -0.4 is 11.1 Å². The molecule has 3 rings (SSSR count). The van der Waals surface area contributed by atoms with E-state index in [1.54, 1.807) is 0 Å². The van der Waals surface area contributed by atoms with Gasteiger partial charge in [-0.1, -0.05) is 42.5 Å². The Morgan fingerprint density at radius 3 is 2.28 bits per heavy atom. The van der Waals surface area contributed by atoms with Gasteiger partial charge in [0, 0.05) is 18.7 Å². The number of hydrogen-bond acceptors (Lipinski definition) is 3. The van der Waals surface area contributed by atoms with Crippen LogP contribution in [-0.2, 0) is 6.54 Å². The molecule has 134 valence electrons. The molecule has 1 saturated heterocycles. The molecule has 0 spiro atoms. The Hall–Kier alpha value is -1.88.